The molecule has 2 rings (SSSR count). The number of rotatable bonds is 6. The van der Waals surface area contributed by atoms with Crippen molar-refractivity contribution >= 4 is 23.5 Å². The molecule has 23 heavy (non-hydrogen) atoms. The normalized spacial score (nSPS) is 10.1. The summed E-state index contributed by atoms with van der Waals surface area (Å²) in [6, 6.07) is 11.5. The molecule has 2 amide bonds. The van der Waals surface area contributed by atoms with Gasteiger partial charge in [-0.05, 0) is 24.3 Å². The fraction of sp³-hybridized carbons (Fsp3) is 0.125. The van der Waals surface area contributed by atoms with Crippen LogP contribution >= 0.6 is 0 Å². The van der Waals surface area contributed by atoms with E-state index in [9.17, 15) is 14.4 Å². The first kappa shape index (κ1) is 16.2. The Bertz CT molecular complexity index is 714. The van der Waals surface area contributed by atoms with Crippen molar-refractivity contribution in [3.05, 3.63) is 59.9 Å². The van der Waals surface area contributed by atoms with E-state index < -0.39 is 11.9 Å². The molecule has 0 atom stereocenters. The highest BCUT2D eigenvalue weighted by Gasteiger charge is 2.19. The number of carbonyl (C=O) groups excluding carboxylic acids is 2. The number of nitrogens with two attached hydrogens (primary N) is 1. The third-order valence-corrected chi connectivity index (χ3v) is 3.12. The number of hydrogen-bond donors (Lipinski definition) is 2. The monoisotopic (exact) mass is 313 g/mol. The van der Waals surface area contributed by atoms with Gasteiger partial charge in [0.15, 0.2) is 0 Å². The molecule has 0 radical (unpaired) electrons. The smallest absolute Gasteiger partial charge is 0.354 e. The van der Waals surface area contributed by atoms with Crippen molar-refractivity contribution in [3.63, 3.8) is 0 Å². The lowest BCUT2D eigenvalue weighted by Crippen LogP contribution is -2.34. The molecule has 0 bridgehead atoms. The van der Waals surface area contributed by atoms with Crippen LogP contribution in [0.1, 0.15) is 27.3 Å². The van der Waals surface area contributed by atoms with Crippen LogP contribution in [-0.4, -0.2) is 34.4 Å². The van der Waals surface area contributed by atoms with Gasteiger partial charge in [0.2, 0.25) is 5.91 Å². The second-order valence-electron chi connectivity index (χ2n) is 4.75. The van der Waals surface area contributed by atoms with E-state index in [0.717, 1.165) is 0 Å². The topological polar surface area (TPSA) is 114 Å². The zero-order chi connectivity index (χ0) is 16.8. The lowest BCUT2D eigenvalue weighted by Gasteiger charge is -2.22. The van der Waals surface area contributed by atoms with Crippen LogP contribution in [0.4, 0.5) is 5.69 Å². The number of hydrogen-bond acceptors (Lipinski definition) is 4. The third kappa shape index (κ3) is 4.13. The predicted molar refractivity (Wildman–Crippen MR) is 83.1 cm³/mol. The molecule has 0 unspecified atom stereocenters. The highest BCUT2D eigenvalue weighted by atomic mass is 16.4. The number of pyridine rings is 1. The van der Waals surface area contributed by atoms with Gasteiger partial charge in [-0.3, -0.25) is 9.59 Å². The van der Waals surface area contributed by atoms with Gasteiger partial charge < -0.3 is 15.7 Å². The summed E-state index contributed by atoms with van der Waals surface area (Å²) in [6.45, 7) is 0.124. The maximum atomic E-state index is 12.6. The van der Waals surface area contributed by atoms with Crippen LogP contribution in [0, 0.1) is 0 Å². The quantitative estimate of drug-likeness (QED) is 0.834. The van der Waals surface area contributed by atoms with Crippen LogP contribution in [0.5, 0.6) is 0 Å². The lowest BCUT2D eigenvalue weighted by molar-refractivity contribution is -0.117. The molecule has 118 valence electrons. The van der Waals surface area contributed by atoms with Crippen molar-refractivity contribution in [2.75, 3.05) is 11.4 Å². The number of para-hydroxylation sites is 1. The zero-order valence-corrected chi connectivity index (χ0v) is 12.2. The Labute approximate surface area is 132 Å². The van der Waals surface area contributed by atoms with E-state index >= 15 is 0 Å². The van der Waals surface area contributed by atoms with Gasteiger partial charge in [-0.25, -0.2) is 9.78 Å². The minimum Gasteiger partial charge on any atom is -0.477 e. The van der Waals surface area contributed by atoms with E-state index in [1.807, 2.05) is 6.07 Å². The first-order valence-electron chi connectivity index (χ1n) is 6.83. The Morgan fingerprint density at radius 2 is 1.78 bits per heavy atom. The highest BCUT2D eigenvalue weighted by Crippen LogP contribution is 2.17. The molecule has 0 saturated carbocycles. The van der Waals surface area contributed by atoms with Gasteiger partial charge in [-0.1, -0.05) is 18.2 Å². The van der Waals surface area contributed by atoms with Crippen molar-refractivity contribution in [2.24, 2.45) is 5.73 Å². The number of amides is 2. The zero-order valence-electron chi connectivity index (χ0n) is 12.2. The highest BCUT2D eigenvalue weighted by molar-refractivity contribution is 6.06. The summed E-state index contributed by atoms with van der Waals surface area (Å²) in [5.41, 5.74) is 5.85. The number of aromatic carboxylic acids is 1. The van der Waals surface area contributed by atoms with Crippen LogP contribution in [0.25, 0.3) is 0 Å². The Hall–Kier alpha value is -3.22. The Morgan fingerprint density at radius 3 is 2.30 bits per heavy atom. The second kappa shape index (κ2) is 7.17. The van der Waals surface area contributed by atoms with Gasteiger partial charge >= 0.3 is 5.97 Å². The Balaban J connectivity index is 2.28. The molecule has 1 aromatic heterocycles. The molecule has 0 aliphatic carbocycles. The molecule has 0 spiro atoms. The molecule has 2 aromatic rings. The van der Waals surface area contributed by atoms with E-state index in [1.54, 1.807) is 24.3 Å². The lowest BCUT2D eigenvalue weighted by atomic mass is 10.2. The van der Waals surface area contributed by atoms with Gasteiger partial charge in [0, 0.05) is 24.8 Å². The fourth-order valence-corrected chi connectivity index (χ4v) is 1.98. The van der Waals surface area contributed by atoms with E-state index in [1.165, 1.54) is 23.2 Å². The number of nitrogens with zero attached hydrogens (tertiary/aromatic N) is 2. The van der Waals surface area contributed by atoms with Crippen molar-refractivity contribution in [1.29, 1.82) is 0 Å². The van der Waals surface area contributed by atoms with E-state index in [4.69, 9.17) is 10.8 Å². The summed E-state index contributed by atoms with van der Waals surface area (Å²) in [7, 11) is 0. The molecular weight excluding hydrogens is 298 g/mol. The molecular formula is C16H15N3O4. The van der Waals surface area contributed by atoms with Gasteiger partial charge in [0.25, 0.3) is 5.91 Å². The maximum Gasteiger partial charge on any atom is 0.354 e. The summed E-state index contributed by atoms with van der Waals surface area (Å²) < 4.78 is 0. The molecule has 0 aliphatic heterocycles. The standard InChI is InChI=1S/C16H15N3O4/c17-14(20)8-9-19(12-4-2-1-3-5-12)15(21)11-6-7-13(16(22)23)18-10-11/h1-7,10H,8-9H2,(H2,17,20)(H,22,23). The van der Waals surface area contributed by atoms with Crippen LogP contribution in [-0.2, 0) is 4.79 Å². The number of primary amides is 1. The van der Waals surface area contributed by atoms with E-state index in [2.05, 4.69) is 4.98 Å². The van der Waals surface area contributed by atoms with E-state index in [-0.39, 0.29) is 30.1 Å². The number of carbonyl (C=O) groups is 3. The van der Waals surface area contributed by atoms with Gasteiger partial charge in [-0.15, -0.1) is 0 Å². The average molecular weight is 313 g/mol. The molecule has 3 N–H and O–H groups in total. The SMILES string of the molecule is NC(=O)CCN(C(=O)c1ccc(C(=O)O)nc1)c1ccccc1. The molecule has 7 heteroatoms. The van der Waals surface area contributed by atoms with Crippen molar-refractivity contribution in [1.82, 2.24) is 4.98 Å². The van der Waals surface area contributed by atoms with Gasteiger partial charge in [0.05, 0.1) is 5.56 Å². The summed E-state index contributed by atoms with van der Waals surface area (Å²) in [4.78, 5) is 39.6. The molecule has 1 heterocycles. The Kier molecular flexibility index (Phi) is 5.03. The number of aromatic nitrogens is 1. The Morgan fingerprint density at radius 1 is 1.09 bits per heavy atom. The largest absolute Gasteiger partial charge is 0.477 e. The number of carboxylic acids is 1. The maximum absolute atomic E-state index is 12.6. The van der Waals surface area contributed by atoms with Crippen LogP contribution in [0.3, 0.4) is 0 Å². The number of benzene rings is 1. The van der Waals surface area contributed by atoms with Crippen molar-refractivity contribution in [2.45, 2.75) is 6.42 Å². The fourth-order valence-electron chi connectivity index (χ4n) is 1.98. The van der Waals surface area contributed by atoms with Crippen molar-refractivity contribution < 1.29 is 19.5 Å². The number of carboxylic acid groups (broad SMARTS) is 1. The van der Waals surface area contributed by atoms with Crippen LogP contribution < -0.4 is 10.6 Å². The second-order valence-corrected chi connectivity index (χ2v) is 4.75. The minimum absolute atomic E-state index is 0.0152. The van der Waals surface area contributed by atoms with Crippen LogP contribution in [0.15, 0.2) is 48.7 Å². The molecule has 1 aromatic carbocycles. The third-order valence-electron chi connectivity index (χ3n) is 3.12. The van der Waals surface area contributed by atoms with Gasteiger partial charge in [0.1, 0.15) is 5.69 Å². The van der Waals surface area contributed by atoms with Gasteiger partial charge in [-0.2, -0.15) is 0 Å². The summed E-state index contributed by atoms with van der Waals surface area (Å²) in [5.74, 6) is -2.07. The average Bonchev–Trinajstić information content (AvgIpc) is 2.55. The first-order valence-corrected chi connectivity index (χ1v) is 6.83. The molecule has 0 saturated heterocycles. The number of anilines is 1. The van der Waals surface area contributed by atoms with Crippen molar-refractivity contribution in [3.8, 4) is 0 Å². The molecule has 0 fully saturated rings. The summed E-state index contributed by atoms with van der Waals surface area (Å²) >= 11 is 0. The summed E-state index contributed by atoms with van der Waals surface area (Å²) in [5, 5.41) is 8.84. The minimum atomic E-state index is -1.17. The predicted octanol–water partition coefficient (Wildman–Crippen LogP) is 1.30. The summed E-state index contributed by atoms with van der Waals surface area (Å²) in [6.07, 6.45) is 1.22. The first-order chi connectivity index (χ1) is 11.0. The molecule has 7 nitrogen and oxygen atoms in total. The molecule has 0 aliphatic rings. The van der Waals surface area contributed by atoms with Crippen LogP contribution in [0.2, 0.25) is 0 Å². The van der Waals surface area contributed by atoms with E-state index in [0.29, 0.717) is 5.69 Å².